The van der Waals surface area contributed by atoms with Gasteiger partial charge < -0.3 is 10.2 Å². The van der Waals surface area contributed by atoms with Crippen LogP contribution in [0.1, 0.15) is 54.3 Å². The maximum atomic E-state index is 13.3. The summed E-state index contributed by atoms with van der Waals surface area (Å²) in [7, 11) is 0. The third-order valence-corrected chi connectivity index (χ3v) is 5.61. The maximum absolute atomic E-state index is 13.3. The number of carbonyl (C=O) groups excluding carboxylic acids is 2. The Morgan fingerprint density at radius 2 is 1.71 bits per heavy atom. The van der Waals surface area contributed by atoms with Crippen molar-refractivity contribution in [1.82, 2.24) is 25.2 Å². The van der Waals surface area contributed by atoms with Crippen LogP contribution in [-0.4, -0.2) is 50.3 Å². The first-order valence-electron chi connectivity index (χ1n) is 10.6. The van der Waals surface area contributed by atoms with Crippen LogP contribution in [0.4, 0.5) is 0 Å². The van der Waals surface area contributed by atoms with Crippen molar-refractivity contribution in [3.8, 4) is 0 Å². The molecular formula is C24H27N5O2. The molecule has 1 saturated heterocycles. The minimum atomic E-state index is -0.182. The van der Waals surface area contributed by atoms with Crippen molar-refractivity contribution >= 4 is 11.8 Å². The number of nitrogens with zero attached hydrogens (tertiary/aromatic N) is 4. The van der Waals surface area contributed by atoms with E-state index in [9.17, 15) is 9.59 Å². The summed E-state index contributed by atoms with van der Waals surface area (Å²) in [5, 5.41) is 11.5. The van der Waals surface area contributed by atoms with E-state index in [2.05, 4.69) is 15.6 Å². The zero-order valence-electron chi connectivity index (χ0n) is 17.8. The molecule has 1 aliphatic heterocycles. The summed E-state index contributed by atoms with van der Waals surface area (Å²) < 4.78 is 1.74. The minimum Gasteiger partial charge on any atom is -0.352 e. The summed E-state index contributed by atoms with van der Waals surface area (Å²) in [6.07, 6.45) is 2.97. The third-order valence-electron chi connectivity index (χ3n) is 5.61. The number of aromatic nitrogens is 3. The minimum absolute atomic E-state index is 0.0183. The molecule has 0 spiro atoms. The van der Waals surface area contributed by atoms with E-state index in [-0.39, 0.29) is 29.9 Å². The summed E-state index contributed by atoms with van der Waals surface area (Å²) in [5.74, 6) is -0.136. The highest BCUT2D eigenvalue weighted by Gasteiger charge is 2.29. The van der Waals surface area contributed by atoms with Gasteiger partial charge in [0.15, 0.2) is 5.69 Å². The van der Waals surface area contributed by atoms with Crippen LogP contribution in [0.3, 0.4) is 0 Å². The van der Waals surface area contributed by atoms with Gasteiger partial charge in [-0.05, 0) is 31.4 Å². The van der Waals surface area contributed by atoms with Crippen molar-refractivity contribution in [3.05, 3.63) is 83.7 Å². The van der Waals surface area contributed by atoms with Crippen LogP contribution in [0.5, 0.6) is 0 Å². The summed E-state index contributed by atoms with van der Waals surface area (Å²) in [6, 6.07) is 19.9. The van der Waals surface area contributed by atoms with Crippen molar-refractivity contribution in [2.75, 3.05) is 6.54 Å². The van der Waals surface area contributed by atoms with E-state index in [1.54, 1.807) is 15.8 Å². The Bertz CT molecular complexity index is 993. The first kappa shape index (κ1) is 20.8. The highest BCUT2D eigenvalue weighted by molar-refractivity contribution is 5.92. The SMILES string of the molecule is CC(C)N(C[C@H]1CCC(=O)N1)C(=O)c1cn(C(c2ccccc2)c2ccccc2)nn1. The third kappa shape index (κ3) is 4.66. The van der Waals surface area contributed by atoms with Gasteiger partial charge in [0.1, 0.15) is 6.04 Å². The second kappa shape index (κ2) is 9.12. The van der Waals surface area contributed by atoms with Gasteiger partial charge in [0, 0.05) is 25.0 Å². The van der Waals surface area contributed by atoms with Gasteiger partial charge >= 0.3 is 0 Å². The number of nitrogens with one attached hydrogen (secondary N) is 1. The fourth-order valence-corrected chi connectivity index (χ4v) is 4.00. The van der Waals surface area contributed by atoms with Crippen LogP contribution in [0, 0.1) is 0 Å². The lowest BCUT2D eigenvalue weighted by atomic mass is 9.99. The first-order valence-corrected chi connectivity index (χ1v) is 10.6. The Morgan fingerprint density at radius 3 is 2.23 bits per heavy atom. The van der Waals surface area contributed by atoms with E-state index >= 15 is 0 Å². The number of benzene rings is 2. The van der Waals surface area contributed by atoms with Gasteiger partial charge in [-0.1, -0.05) is 65.9 Å². The molecule has 2 aromatic carbocycles. The molecule has 31 heavy (non-hydrogen) atoms. The van der Waals surface area contributed by atoms with Crippen LogP contribution < -0.4 is 5.32 Å². The zero-order valence-corrected chi connectivity index (χ0v) is 17.8. The second-order valence-corrected chi connectivity index (χ2v) is 8.16. The summed E-state index contributed by atoms with van der Waals surface area (Å²) in [6.45, 7) is 4.40. The van der Waals surface area contributed by atoms with Crippen molar-refractivity contribution < 1.29 is 9.59 Å². The molecule has 7 heteroatoms. The van der Waals surface area contributed by atoms with Gasteiger partial charge in [-0.3, -0.25) is 9.59 Å². The van der Waals surface area contributed by atoms with Gasteiger partial charge in [0.25, 0.3) is 5.91 Å². The summed E-state index contributed by atoms with van der Waals surface area (Å²) in [4.78, 5) is 26.6. The largest absolute Gasteiger partial charge is 0.352 e. The van der Waals surface area contributed by atoms with Gasteiger partial charge in [0.2, 0.25) is 5.91 Å². The van der Waals surface area contributed by atoms with Crippen molar-refractivity contribution in [2.45, 2.75) is 44.8 Å². The zero-order chi connectivity index (χ0) is 21.8. The lowest BCUT2D eigenvalue weighted by Gasteiger charge is -2.28. The monoisotopic (exact) mass is 417 g/mol. The number of hydrogen-bond acceptors (Lipinski definition) is 4. The Labute approximate surface area is 182 Å². The molecule has 1 fully saturated rings. The molecule has 1 aliphatic rings. The molecule has 1 atom stereocenters. The van der Waals surface area contributed by atoms with Gasteiger partial charge in [-0.15, -0.1) is 5.10 Å². The fraction of sp³-hybridized carbons (Fsp3) is 0.333. The van der Waals surface area contributed by atoms with Gasteiger partial charge in [-0.25, -0.2) is 4.68 Å². The number of carbonyl (C=O) groups is 2. The topological polar surface area (TPSA) is 80.1 Å². The van der Waals surface area contributed by atoms with Gasteiger partial charge in [-0.2, -0.15) is 0 Å². The molecule has 0 bridgehead atoms. The molecule has 1 aromatic heterocycles. The van der Waals surface area contributed by atoms with E-state index in [1.165, 1.54) is 0 Å². The molecule has 0 saturated carbocycles. The molecule has 1 N–H and O–H groups in total. The van der Waals surface area contributed by atoms with Crippen LogP contribution in [0.25, 0.3) is 0 Å². The fourth-order valence-electron chi connectivity index (χ4n) is 4.00. The molecule has 160 valence electrons. The predicted molar refractivity (Wildman–Crippen MR) is 117 cm³/mol. The Hall–Kier alpha value is -3.48. The van der Waals surface area contributed by atoms with Crippen molar-refractivity contribution in [3.63, 3.8) is 0 Å². The molecule has 0 radical (unpaired) electrons. The summed E-state index contributed by atoms with van der Waals surface area (Å²) in [5.41, 5.74) is 2.42. The van der Waals surface area contributed by atoms with Gasteiger partial charge in [0.05, 0.1) is 6.20 Å². The Balaban J connectivity index is 1.61. The lowest BCUT2D eigenvalue weighted by Crippen LogP contribution is -2.45. The highest BCUT2D eigenvalue weighted by Crippen LogP contribution is 2.26. The van der Waals surface area contributed by atoms with E-state index in [0.29, 0.717) is 18.7 Å². The molecule has 2 heterocycles. The number of rotatable bonds is 7. The van der Waals surface area contributed by atoms with Crippen molar-refractivity contribution in [1.29, 1.82) is 0 Å². The molecule has 7 nitrogen and oxygen atoms in total. The van der Waals surface area contributed by atoms with Crippen molar-refractivity contribution in [2.24, 2.45) is 0 Å². The van der Waals surface area contributed by atoms with E-state index in [0.717, 1.165) is 17.5 Å². The number of amides is 2. The van der Waals surface area contributed by atoms with E-state index in [4.69, 9.17) is 0 Å². The smallest absolute Gasteiger partial charge is 0.276 e. The predicted octanol–water partition coefficient (Wildman–Crippen LogP) is 3.05. The van der Waals surface area contributed by atoms with Crippen LogP contribution in [-0.2, 0) is 4.79 Å². The molecule has 2 amide bonds. The summed E-state index contributed by atoms with van der Waals surface area (Å²) >= 11 is 0. The van der Waals surface area contributed by atoms with Crippen LogP contribution in [0.2, 0.25) is 0 Å². The lowest BCUT2D eigenvalue weighted by molar-refractivity contribution is -0.119. The standard InChI is InChI=1S/C24H27N5O2/c1-17(2)28(15-20-13-14-22(30)25-20)24(31)21-16-29(27-26-21)23(18-9-5-3-6-10-18)19-11-7-4-8-12-19/h3-12,16-17,20,23H,13-15H2,1-2H3,(H,25,30)/t20-/m1/s1. The average Bonchev–Trinajstić information content (AvgIpc) is 3.42. The second-order valence-electron chi connectivity index (χ2n) is 8.16. The Morgan fingerprint density at radius 1 is 1.10 bits per heavy atom. The average molecular weight is 418 g/mol. The number of hydrogen-bond donors (Lipinski definition) is 1. The molecule has 0 aliphatic carbocycles. The molecule has 3 aromatic rings. The molecule has 0 unspecified atom stereocenters. The van der Waals surface area contributed by atoms with Crippen LogP contribution >= 0.6 is 0 Å². The van der Waals surface area contributed by atoms with E-state index < -0.39 is 0 Å². The molecule has 4 rings (SSSR count). The Kier molecular flexibility index (Phi) is 6.11. The quantitative estimate of drug-likeness (QED) is 0.641. The normalized spacial score (nSPS) is 16.0. The molecular weight excluding hydrogens is 390 g/mol. The van der Waals surface area contributed by atoms with Crippen LogP contribution in [0.15, 0.2) is 66.9 Å². The maximum Gasteiger partial charge on any atom is 0.276 e. The van der Waals surface area contributed by atoms with E-state index in [1.807, 2.05) is 74.5 Å². The highest BCUT2D eigenvalue weighted by atomic mass is 16.2. The first-order chi connectivity index (χ1) is 15.0.